The van der Waals surface area contributed by atoms with Crippen LogP contribution in [0.5, 0.6) is 5.75 Å². The van der Waals surface area contributed by atoms with E-state index in [2.05, 4.69) is 26.2 Å². The predicted molar refractivity (Wildman–Crippen MR) is 75.9 cm³/mol. The molecule has 0 aliphatic rings. The fraction of sp³-hybridized carbons (Fsp3) is 0.143. The lowest BCUT2D eigenvalue weighted by atomic mass is 10.1. The number of amides is 1. The van der Waals surface area contributed by atoms with Crippen LogP contribution in [0.4, 0.5) is 0 Å². The summed E-state index contributed by atoms with van der Waals surface area (Å²) in [7, 11) is 0. The molecule has 1 unspecified atom stereocenters. The lowest BCUT2D eigenvalue weighted by molar-refractivity contribution is 0.0939. The van der Waals surface area contributed by atoms with E-state index in [1.165, 1.54) is 0 Å². The molecular weight excluding hydrogens is 308 g/mol. The highest BCUT2D eigenvalue weighted by molar-refractivity contribution is 9.10. The number of pyridine rings is 1. The number of rotatable bonds is 3. The Kier molecular flexibility index (Phi) is 4.16. The molecule has 1 aromatic heterocycles. The van der Waals surface area contributed by atoms with Gasteiger partial charge in [0.2, 0.25) is 0 Å². The van der Waals surface area contributed by atoms with Gasteiger partial charge in [-0.3, -0.25) is 4.79 Å². The van der Waals surface area contributed by atoms with Gasteiger partial charge in [-0.1, -0.05) is 12.1 Å². The highest BCUT2D eigenvalue weighted by Crippen LogP contribution is 2.18. The molecule has 0 bridgehead atoms. The van der Waals surface area contributed by atoms with E-state index in [4.69, 9.17) is 0 Å². The van der Waals surface area contributed by atoms with Crippen molar-refractivity contribution < 1.29 is 9.90 Å². The van der Waals surface area contributed by atoms with E-state index in [9.17, 15) is 9.90 Å². The largest absolute Gasteiger partial charge is 0.508 e. The van der Waals surface area contributed by atoms with Crippen LogP contribution in [0.3, 0.4) is 0 Å². The topological polar surface area (TPSA) is 62.2 Å². The molecule has 19 heavy (non-hydrogen) atoms. The Hall–Kier alpha value is -1.88. The molecule has 0 spiro atoms. The van der Waals surface area contributed by atoms with Crippen molar-refractivity contribution >= 4 is 21.8 Å². The molecule has 0 aliphatic carbocycles. The number of halogens is 1. The van der Waals surface area contributed by atoms with Crippen LogP contribution in [0.15, 0.2) is 47.2 Å². The van der Waals surface area contributed by atoms with E-state index in [0.717, 1.165) is 5.56 Å². The van der Waals surface area contributed by atoms with Crippen molar-refractivity contribution in [2.24, 2.45) is 0 Å². The van der Waals surface area contributed by atoms with Crippen LogP contribution in [0.2, 0.25) is 0 Å². The molecule has 1 aromatic carbocycles. The first-order chi connectivity index (χ1) is 9.06. The monoisotopic (exact) mass is 320 g/mol. The fourth-order valence-corrected chi connectivity index (χ4v) is 2.07. The van der Waals surface area contributed by atoms with Crippen molar-refractivity contribution in [3.05, 3.63) is 58.3 Å². The molecule has 1 atom stereocenters. The van der Waals surface area contributed by atoms with Crippen LogP contribution in [0.25, 0.3) is 0 Å². The molecule has 5 heteroatoms. The Morgan fingerprint density at radius 3 is 2.84 bits per heavy atom. The average Bonchev–Trinajstić information content (AvgIpc) is 2.38. The molecule has 0 fully saturated rings. The first kappa shape index (κ1) is 13.5. The van der Waals surface area contributed by atoms with Crippen LogP contribution in [0.1, 0.15) is 28.9 Å². The van der Waals surface area contributed by atoms with E-state index < -0.39 is 0 Å². The van der Waals surface area contributed by atoms with Crippen LogP contribution in [-0.2, 0) is 0 Å². The summed E-state index contributed by atoms with van der Waals surface area (Å²) in [6.07, 6.45) is 1.57. The van der Waals surface area contributed by atoms with Gasteiger partial charge < -0.3 is 10.4 Å². The number of aromatic nitrogens is 1. The number of aromatic hydroxyl groups is 1. The number of carbonyl (C=O) groups excluding carboxylic acids is 1. The number of phenolic OH excluding ortho intramolecular Hbond substituents is 1. The summed E-state index contributed by atoms with van der Waals surface area (Å²) >= 11 is 3.23. The smallest absolute Gasteiger partial charge is 0.251 e. The van der Waals surface area contributed by atoms with E-state index in [1.54, 1.807) is 36.5 Å². The van der Waals surface area contributed by atoms with Crippen LogP contribution >= 0.6 is 15.9 Å². The lowest BCUT2D eigenvalue weighted by Gasteiger charge is -2.14. The zero-order chi connectivity index (χ0) is 13.8. The highest BCUT2D eigenvalue weighted by atomic mass is 79.9. The highest BCUT2D eigenvalue weighted by Gasteiger charge is 2.12. The third-order valence-electron chi connectivity index (χ3n) is 2.71. The van der Waals surface area contributed by atoms with Gasteiger partial charge in [0.25, 0.3) is 5.91 Å². The second-order valence-electron chi connectivity index (χ2n) is 4.16. The Morgan fingerprint density at radius 1 is 1.37 bits per heavy atom. The van der Waals surface area contributed by atoms with Gasteiger partial charge in [0, 0.05) is 11.8 Å². The van der Waals surface area contributed by atoms with Gasteiger partial charge in [-0.25, -0.2) is 4.98 Å². The van der Waals surface area contributed by atoms with Gasteiger partial charge in [-0.15, -0.1) is 0 Å². The number of phenols is 1. The number of benzene rings is 1. The number of carbonyl (C=O) groups is 1. The molecule has 1 heterocycles. The maximum atomic E-state index is 12.0. The summed E-state index contributed by atoms with van der Waals surface area (Å²) < 4.78 is 0.616. The van der Waals surface area contributed by atoms with Crippen molar-refractivity contribution in [2.75, 3.05) is 0 Å². The molecular formula is C14H13BrN2O2. The van der Waals surface area contributed by atoms with Crippen molar-refractivity contribution in [3.63, 3.8) is 0 Å². The Bertz CT molecular complexity index is 602. The number of nitrogens with zero attached hydrogens (tertiary/aromatic N) is 1. The molecule has 0 radical (unpaired) electrons. The van der Waals surface area contributed by atoms with Gasteiger partial charge in [0.15, 0.2) is 0 Å². The molecule has 4 nitrogen and oxygen atoms in total. The second-order valence-corrected chi connectivity index (χ2v) is 4.97. The zero-order valence-corrected chi connectivity index (χ0v) is 11.9. The molecule has 2 N–H and O–H groups in total. The first-order valence-electron chi connectivity index (χ1n) is 5.77. The summed E-state index contributed by atoms with van der Waals surface area (Å²) in [6.45, 7) is 1.86. The van der Waals surface area contributed by atoms with Gasteiger partial charge in [0.1, 0.15) is 10.4 Å². The summed E-state index contributed by atoms with van der Waals surface area (Å²) in [4.78, 5) is 16.0. The van der Waals surface area contributed by atoms with Crippen LogP contribution in [-0.4, -0.2) is 16.0 Å². The Balaban J connectivity index is 2.11. The molecule has 98 valence electrons. The van der Waals surface area contributed by atoms with Crippen LogP contribution < -0.4 is 5.32 Å². The maximum Gasteiger partial charge on any atom is 0.251 e. The minimum atomic E-state index is -0.188. The predicted octanol–water partition coefficient (Wildman–Crippen LogP) is 3.04. The molecule has 2 rings (SSSR count). The molecule has 0 aliphatic heterocycles. The standard InChI is InChI=1S/C14H13BrN2O2/c1-9(10-3-2-4-12(18)7-10)17-14(19)11-5-6-16-13(15)8-11/h2-9,18H,1H3,(H,17,19). The van der Waals surface area contributed by atoms with Crippen molar-refractivity contribution in [3.8, 4) is 5.75 Å². The number of hydrogen-bond donors (Lipinski definition) is 2. The summed E-state index contributed by atoms with van der Waals surface area (Å²) in [5, 5.41) is 12.3. The first-order valence-corrected chi connectivity index (χ1v) is 6.57. The van der Waals surface area contributed by atoms with Gasteiger partial charge in [-0.2, -0.15) is 0 Å². The van der Waals surface area contributed by atoms with Crippen molar-refractivity contribution in [2.45, 2.75) is 13.0 Å². The second kappa shape index (κ2) is 5.84. The minimum Gasteiger partial charge on any atom is -0.508 e. The fourth-order valence-electron chi connectivity index (χ4n) is 1.70. The normalized spacial score (nSPS) is 11.9. The molecule has 0 saturated carbocycles. The zero-order valence-electron chi connectivity index (χ0n) is 10.3. The molecule has 2 aromatic rings. The summed E-state index contributed by atoms with van der Waals surface area (Å²) in [5.41, 5.74) is 1.38. The quantitative estimate of drug-likeness (QED) is 0.854. The van der Waals surface area contributed by atoms with E-state index in [-0.39, 0.29) is 17.7 Å². The summed E-state index contributed by atoms with van der Waals surface area (Å²) in [6, 6.07) is 9.95. The minimum absolute atomic E-state index is 0.182. The van der Waals surface area contributed by atoms with Crippen molar-refractivity contribution in [1.82, 2.24) is 10.3 Å². The van der Waals surface area contributed by atoms with Gasteiger partial charge in [0.05, 0.1) is 6.04 Å². The van der Waals surface area contributed by atoms with Gasteiger partial charge in [-0.05, 0) is 52.7 Å². The number of hydrogen-bond acceptors (Lipinski definition) is 3. The third kappa shape index (κ3) is 3.54. The SMILES string of the molecule is CC(NC(=O)c1ccnc(Br)c1)c1cccc(O)c1. The van der Waals surface area contributed by atoms with Gasteiger partial charge >= 0.3 is 0 Å². The van der Waals surface area contributed by atoms with Crippen LogP contribution in [0, 0.1) is 0 Å². The van der Waals surface area contributed by atoms with E-state index in [0.29, 0.717) is 10.2 Å². The Labute approximate surface area is 119 Å². The van der Waals surface area contributed by atoms with E-state index in [1.807, 2.05) is 13.0 Å². The molecule has 0 saturated heterocycles. The van der Waals surface area contributed by atoms with E-state index >= 15 is 0 Å². The van der Waals surface area contributed by atoms with Crippen molar-refractivity contribution in [1.29, 1.82) is 0 Å². The average molecular weight is 321 g/mol. The lowest BCUT2D eigenvalue weighted by Crippen LogP contribution is -2.26. The summed E-state index contributed by atoms with van der Waals surface area (Å²) in [5.74, 6) is 0.00389. The number of nitrogens with one attached hydrogen (secondary N) is 1. The maximum absolute atomic E-state index is 12.0. The third-order valence-corrected chi connectivity index (χ3v) is 3.14. The molecule has 1 amide bonds. The Morgan fingerprint density at radius 2 is 2.16 bits per heavy atom.